The number of hydrogen-bond acceptors (Lipinski definition) is 5. The molecule has 3 aromatic rings. The van der Waals surface area contributed by atoms with Gasteiger partial charge in [-0.25, -0.2) is 9.78 Å². The highest BCUT2D eigenvalue weighted by Crippen LogP contribution is 2.31. The van der Waals surface area contributed by atoms with Gasteiger partial charge in [0.15, 0.2) is 0 Å². The molecule has 0 bridgehead atoms. The van der Waals surface area contributed by atoms with E-state index in [1.807, 2.05) is 0 Å². The summed E-state index contributed by atoms with van der Waals surface area (Å²) in [5.74, 6) is -0.704. The summed E-state index contributed by atoms with van der Waals surface area (Å²) in [6.07, 6.45) is -3.10. The summed E-state index contributed by atoms with van der Waals surface area (Å²) in [5.41, 5.74) is -0.125. The lowest BCUT2D eigenvalue weighted by Gasteiger charge is -2.13. The van der Waals surface area contributed by atoms with Crippen LogP contribution in [0.1, 0.15) is 22.8 Å². The Hall–Kier alpha value is -3.88. The molecular weight excluding hydrogens is 399 g/mol. The van der Waals surface area contributed by atoms with Crippen molar-refractivity contribution in [3.63, 3.8) is 0 Å². The summed E-state index contributed by atoms with van der Waals surface area (Å²) in [6.45, 7) is 1.37. The number of alkyl halides is 3. The molecule has 1 aromatic heterocycles. The van der Waals surface area contributed by atoms with Gasteiger partial charge in [-0.1, -0.05) is 6.07 Å². The molecule has 6 nitrogen and oxygen atoms in total. The molecule has 154 valence electrons. The molecule has 0 spiro atoms. The van der Waals surface area contributed by atoms with E-state index in [4.69, 9.17) is 4.74 Å². The van der Waals surface area contributed by atoms with E-state index >= 15 is 0 Å². The number of halogens is 3. The van der Waals surface area contributed by atoms with E-state index in [1.165, 1.54) is 49.5 Å². The molecule has 2 aromatic carbocycles. The van der Waals surface area contributed by atoms with Crippen molar-refractivity contribution in [2.24, 2.45) is 0 Å². The molecule has 3 rings (SSSR count). The van der Waals surface area contributed by atoms with E-state index in [0.29, 0.717) is 5.69 Å². The summed E-state index contributed by atoms with van der Waals surface area (Å²) < 4.78 is 44.0. The molecule has 0 aliphatic heterocycles. The lowest BCUT2D eigenvalue weighted by molar-refractivity contribution is -0.137. The molecule has 2 N–H and O–H groups in total. The van der Waals surface area contributed by atoms with E-state index in [9.17, 15) is 22.8 Å². The van der Waals surface area contributed by atoms with Gasteiger partial charge in [-0.15, -0.1) is 0 Å². The first-order valence-corrected chi connectivity index (χ1v) is 8.71. The Morgan fingerprint density at radius 3 is 2.37 bits per heavy atom. The van der Waals surface area contributed by atoms with Gasteiger partial charge in [0.05, 0.1) is 5.56 Å². The predicted octanol–water partition coefficient (Wildman–Crippen LogP) is 5.02. The average Bonchev–Trinajstić information content (AvgIpc) is 2.69. The van der Waals surface area contributed by atoms with Crippen molar-refractivity contribution in [1.29, 1.82) is 0 Å². The first kappa shape index (κ1) is 20.8. The van der Waals surface area contributed by atoms with Gasteiger partial charge in [0.1, 0.15) is 17.1 Å². The number of amides is 1. The minimum atomic E-state index is -4.49. The lowest BCUT2D eigenvalue weighted by Crippen LogP contribution is -2.12. The third kappa shape index (κ3) is 5.34. The molecule has 0 aliphatic rings. The number of rotatable bonds is 5. The van der Waals surface area contributed by atoms with E-state index in [-0.39, 0.29) is 28.7 Å². The number of anilines is 3. The van der Waals surface area contributed by atoms with Crippen LogP contribution < -0.4 is 15.4 Å². The van der Waals surface area contributed by atoms with Crippen LogP contribution >= 0.6 is 0 Å². The zero-order valence-corrected chi connectivity index (χ0v) is 15.7. The van der Waals surface area contributed by atoms with Crippen LogP contribution in [0.2, 0.25) is 0 Å². The SMILES string of the molecule is CC(=O)Nc1ccc(OC(=O)c2cccnc2Nc2cccc(C(F)(F)F)c2)cc1. The van der Waals surface area contributed by atoms with Crippen molar-refractivity contribution in [2.75, 3.05) is 10.6 Å². The zero-order valence-electron chi connectivity index (χ0n) is 15.7. The smallest absolute Gasteiger partial charge is 0.416 e. The number of carbonyl (C=O) groups is 2. The van der Waals surface area contributed by atoms with Gasteiger partial charge in [-0.3, -0.25) is 4.79 Å². The molecule has 0 fully saturated rings. The van der Waals surface area contributed by atoms with Crippen molar-refractivity contribution in [1.82, 2.24) is 4.98 Å². The third-order valence-electron chi connectivity index (χ3n) is 3.87. The van der Waals surface area contributed by atoms with E-state index < -0.39 is 17.7 Å². The van der Waals surface area contributed by atoms with Crippen molar-refractivity contribution < 1.29 is 27.5 Å². The Morgan fingerprint density at radius 2 is 1.70 bits per heavy atom. The van der Waals surface area contributed by atoms with Crippen LogP contribution in [0.3, 0.4) is 0 Å². The summed E-state index contributed by atoms with van der Waals surface area (Å²) in [7, 11) is 0. The lowest BCUT2D eigenvalue weighted by atomic mass is 10.2. The summed E-state index contributed by atoms with van der Waals surface area (Å²) in [5, 5.41) is 5.31. The van der Waals surface area contributed by atoms with Gasteiger partial charge in [0.25, 0.3) is 0 Å². The number of pyridine rings is 1. The van der Waals surface area contributed by atoms with Gasteiger partial charge in [0.2, 0.25) is 5.91 Å². The number of benzene rings is 2. The maximum atomic E-state index is 12.9. The Morgan fingerprint density at radius 1 is 0.967 bits per heavy atom. The number of carbonyl (C=O) groups excluding carboxylic acids is 2. The first-order chi connectivity index (χ1) is 14.2. The molecular formula is C21H16F3N3O3. The van der Waals surface area contributed by atoms with Crippen LogP contribution in [0, 0.1) is 0 Å². The fourth-order valence-corrected chi connectivity index (χ4v) is 2.55. The Bertz CT molecular complexity index is 1070. The van der Waals surface area contributed by atoms with Gasteiger partial charge in [0, 0.05) is 24.5 Å². The number of esters is 1. The average molecular weight is 415 g/mol. The highest BCUT2D eigenvalue weighted by atomic mass is 19.4. The standard InChI is InChI=1S/C21H16F3N3O3/c1-13(28)26-15-7-9-17(10-8-15)30-20(29)18-6-3-11-25-19(18)27-16-5-2-4-14(12-16)21(22,23)24/h2-12H,1H3,(H,25,27)(H,26,28). The molecule has 0 aliphatic carbocycles. The Labute approximate surface area is 169 Å². The van der Waals surface area contributed by atoms with Crippen molar-refractivity contribution in [3.8, 4) is 5.75 Å². The summed E-state index contributed by atoms with van der Waals surface area (Å²) in [6, 6.07) is 13.6. The maximum absolute atomic E-state index is 12.9. The molecule has 30 heavy (non-hydrogen) atoms. The summed E-state index contributed by atoms with van der Waals surface area (Å²) >= 11 is 0. The number of aromatic nitrogens is 1. The fraction of sp³-hybridized carbons (Fsp3) is 0.0952. The number of hydrogen-bond donors (Lipinski definition) is 2. The second-order valence-corrected chi connectivity index (χ2v) is 6.20. The minimum Gasteiger partial charge on any atom is -0.423 e. The normalized spacial score (nSPS) is 10.9. The fourth-order valence-electron chi connectivity index (χ4n) is 2.55. The maximum Gasteiger partial charge on any atom is 0.416 e. The van der Waals surface area contributed by atoms with E-state index in [1.54, 1.807) is 12.1 Å². The first-order valence-electron chi connectivity index (χ1n) is 8.71. The van der Waals surface area contributed by atoms with Crippen LogP contribution in [0.15, 0.2) is 66.9 Å². The Kier molecular flexibility index (Phi) is 6.01. The second-order valence-electron chi connectivity index (χ2n) is 6.20. The van der Waals surface area contributed by atoms with Crippen LogP contribution in [-0.2, 0) is 11.0 Å². The van der Waals surface area contributed by atoms with Gasteiger partial charge in [-0.05, 0) is 54.6 Å². The minimum absolute atomic E-state index is 0.0425. The second kappa shape index (κ2) is 8.64. The van der Waals surface area contributed by atoms with Crippen LogP contribution in [-0.4, -0.2) is 16.9 Å². The molecule has 9 heteroatoms. The van der Waals surface area contributed by atoms with Gasteiger partial charge < -0.3 is 15.4 Å². The number of ether oxygens (including phenoxy) is 1. The number of nitrogens with one attached hydrogen (secondary N) is 2. The quantitative estimate of drug-likeness (QED) is 0.452. The van der Waals surface area contributed by atoms with Crippen molar-refractivity contribution >= 4 is 29.1 Å². The summed E-state index contributed by atoms with van der Waals surface area (Å²) in [4.78, 5) is 27.6. The largest absolute Gasteiger partial charge is 0.423 e. The highest BCUT2D eigenvalue weighted by molar-refractivity contribution is 5.96. The van der Waals surface area contributed by atoms with Gasteiger partial charge in [-0.2, -0.15) is 13.2 Å². The molecule has 1 amide bonds. The molecule has 0 radical (unpaired) electrons. The van der Waals surface area contributed by atoms with E-state index in [2.05, 4.69) is 15.6 Å². The highest BCUT2D eigenvalue weighted by Gasteiger charge is 2.30. The molecule has 0 unspecified atom stereocenters. The monoisotopic (exact) mass is 415 g/mol. The molecule has 1 heterocycles. The predicted molar refractivity (Wildman–Crippen MR) is 105 cm³/mol. The van der Waals surface area contributed by atoms with E-state index in [0.717, 1.165) is 12.1 Å². The zero-order chi connectivity index (χ0) is 21.7. The molecule has 0 saturated carbocycles. The van der Waals surface area contributed by atoms with Gasteiger partial charge >= 0.3 is 12.1 Å². The van der Waals surface area contributed by atoms with Crippen LogP contribution in [0.4, 0.5) is 30.4 Å². The van der Waals surface area contributed by atoms with Crippen molar-refractivity contribution in [2.45, 2.75) is 13.1 Å². The number of nitrogens with zero attached hydrogens (tertiary/aromatic N) is 1. The molecule has 0 atom stereocenters. The van der Waals surface area contributed by atoms with Crippen LogP contribution in [0.5, 0.6) is 5.75 Å². The van der Waals surface area contributed by atoms with Crippen molar-refractivity contribution in [3.05, 3.63) is 78.0 Å². The third-order valence-corrected chi connectivity index (χ3v) is 3.87. The Balaban J connectivity index is 1.78. The topological polar surface area (TPSA) is 80.3 Å². The van der Waals surface area contributed by atoms with Crippen LogP contribution in [0.25, 0.3) is 0 Å². The molecule has 0 saturated heterocycles.